The number of para-hydroxylation sites is 1. The van der Waals surface area contributed by atoms with Crippen molar-refractivity contribution in [3.05, 3.63) is 66.0 Å². The number of carbonyl (C=O) groups is 2. The Kier molecular flexibility index (Phi) is 7.34. The van der Waals surface area contributed by atoms with Crippen molar-refractivity contribution in [2.24, 2.45) is 0 Å². The number of likely N-dealkylation sites (tertiary alicyclic amines) is 1. The zero-order valence-electron chi connectivity index (χ0n) is 22.3. The van der Waals surface area contributed by atoms with Crippen molar-refractivity contribution in [1.29, 1.82) is 0 Å². The van der Waals surface area contributed by atoms with Crippen molar-refractivity contribution < 1.29 is 18.7 Å². The van der Waals surface area contributed by atoms with Crippen LogP contribution in [0.2, 0.25) is 0 Å². The molecule has 3 N–H and O–H groups in total. The Labute approximate surface area is 226 Å². The minimum Gasteiger partial charge on any atom is -0.492 e. The van der Waals surface area contributed by atoms with Crippen LogP contribution in [0.25, 0.3) is 11.4 Å². The Bertz CT molecular complexity index is 1400. The first-order chi connectivity index (χ1) is 18.8. The summed E-state index contributed by atoms with van der Waals surface area (Å²) < 4.78 is 19.8. The fourth-order valence-corrected chi connectivity index (χ4v) is 5.31. The first kappa shape index (κ1) is 26.4. The Morgan fingerprint density at radius 1 is 1.28 bits per heavy atom. The van der Waals surface area contributed by atoms with Crippen molar-refractivity contribution in [1.82, 2.24) is 30.1 Å². The zero-order valence-corrected chi connectivity index (χ0v) is 22.3. The number of rotatable bonds is 7. The average molecular weight is 534 g/mol. The lowest BCUT2D eigenvalue weighted by molar-refractivity contribution is -0.127. The number of benzene rings is 1. The number of H-pyrrole nitrogens is 1. The Morgan fingerprint density at radius 2 is 2.08 bits per heavy atom. The molecule has 1 spiro atoms. The number of ether oxygens (including phenoxy) is 1. The van der Waals surface area contributed by atoms with Crippen LogP contribution in [-0.4, -0.2) is 84.0 Å². The van der Waals surface area contributed by atoms with E-state index in [0.717, 1.165) is 5.69 Å². The number of fused-ring (bicyclic) bond motifs is 2. The molecule has 0 atom stereocenters. The molecule has 0 bridgehead atoms. The number of halogens is 1. The predicted molar refractivity (Wildman–Crippen MR) is 146 cm³/mol. The second-order valence-electron chi connectivity index (χ2n) is 10.1. The molecule has 3 aromatic rings. The second kappa shape index (κ2) is 10.9. The third-order valence-electron chi connectivity index (χ3n) is 7.38. The van der Waals surface area contributed by atoms with Crippen LogP contribution in [-0.2, 0) is 10.2 Å². The quantitative estimate of drug-likeness (QED) is 0.400. The van der Waals surface area contributed by atoms with Gasteiger partial charge in [-0.05, 0) is 45.1 Å². The van der Waals surface area contributed by atoms with E-state index in [1.807, 2.05) is 30.0 Å². The maximum absolute atomic E-state index is 14.5. The summed E-state index contributed by atoms with van der Waals surface area (Å²) in [4.78, 5) is 41.9. The number of likely N-dealkylation sites (N-methyl/N-ethyl adjacent to an activating group) is 1. The summed E-state index contributed by atoms with van der Waals surface area (Å²) >= 11 is 0. The van der Waals surface area contributed by atoms with Gasteiger partial charge in [0.15, 0.2) is 11.6 Å². The fraction of sp³-hybridized carbons (Fsp3) is 0.357. The molecule has 5 rings (SSSR count). The van der Waals surface area contributed by atoms with E-state index < -0.39 is 11.2 Å². The smallest absolute Gasteiger partial charge is 0.255 e. The van der Waals surface area contributed by atoms with E-state index in [4.69, 9.17) is 4.74 Å². The molecule has 2 aliphatic rings. The molecule has 0 saturated carbocycles. The maximum atomic E-state index is 14.5. The van der Waals surface area contributed by atoms with Gasteiger partial charge in [0.25, 0.3) is 5.91 Å². The highest BCUT2D eigenvalue weighted by Crippen LogP contribution is 2.46. The third kappa shape index (κ3) is 5.09. The highest BCUT2D eigenvalue weighted by Gasteiger charge is 2.46. The summed E-state index contributed by atoms with van der Waals surface area (Å²) in [5.74, 6) is -0.732. The van der Waals surface area contributed by atoms with E-state index in [1.165, 1.54) is 19.5 Å². The SMILES string of the molecule is COc1c(F)cccc1Nc1c(-c2ccncn2)[nH]c2c1C(=O)NCC21CCN(C(=O)/C=C/CN(C)C)CC1. The van der Waals surface area contributed by atoms with Gasteiger partial charge in [0, 0.05) is 49.6 Å². The lowest BCUT2D eigenvalue weighted by Gasteiger charge is -2.43. The monoisotopic (exact) mass is 533 g/mol. The van der Waals surface area contributed by atoms with Crippen molar-refractivity contribution in [2.75, 3.05) is 52.7 Å². The molecule has 0 aliphatic carbocycles. The van der Waals surface area contributed by atoms with Gasteiger partial charge in [0.1, 0.15) is 6.33 Å². The van der Waals surface area contributed by atoms with E-state index in [-0.39, 0.29) is 17.6 Å². The molecule has 4 heterocycles. The van der Waals surface area contributed by atoms with Crippen LogP contribution < -0.4 is 15.4 Å². The van der Waals surface area contributed by atoms with Crippen molar-refractivity contribution >= 4 is 23.2 Å². The van der Waals surface area contributed by atoms with Gasteiger partial charge in [0.05, 0.1) is 35.4 Å². The molecule has 1 aromatic carbocycles. The summed E-state index contributed by atoms with van der Waals surface area (Å²) in [6.45, 7) is 2.26. The van der Waals surface area contributed by atoms with Crippen LogP contribution >= 0.6 is 0 Å². The molecule has 39 heavy (non-hydrogen) atoms. The molecule has 2 aromatic heterocycles. The predicted octanol–water partition coefficient (Wildman–Crippen LogP) is 3.08. The first-order valence-corrected chi connectivity index (χ1v) is 12.8. The third-order valence-corrected chi connectivity index (χ3v) is 7.38. The highest BCUT2D eigenvalue weighted by molar-refractivity contribution is 6.06. The van der Waals surface area contributed by atoms with Gasteiger partial charge >= 0.3 is 0 Å². The summed E-state index contributed by atoms with van der Waals surface area (Å²) in [6, 6.07) is 6.33. The van der Waals surface area contributed by atoms with E-state index in [9.17, 15) is 14.0 Å². The summed E-state index contributed by atoms with van der Waals surface area (Å²) in [5.41, 5.74) is 2.87. The van der Waals surface area contributed by atoms with Gasteiger partial charge in [-0.15, -0.1) is 0 Å². The van der Waals surface area contributed by atoms with E-state index >= 15 is 0 Å². The number of nitrogens with one attached hydrogen (secondary N) is 3. The van der Waals surface area contributed by atoms with Crippen molar-refractivity contribution in [3.8, 4) is 17.1 Å². The molecular weight excluding hydrogens is 501 g/mol. The lowest BCUT2D eigenvalue weighted by atomic mass is 9.72. The number of anilines is 2. The van der Waals surface area contributed by atoms with E-state index in [2.05, 4.69) is 25.6 Å². The van der Waals surface area contributed by atoms with Gasteiger partial charge in [0.2, 0.25) is 5.91 Å². The topological polar surface area (TPSA) is 115 Å². The molecule has 0 unspecified atom stereocenters. The van der Waals surface area contributed by atoms with Gasteiger partial charge in [-0.25, -0.2) is 14.4 Å². The Hall–Kier alpha value is -4.25. The minimum atomic E-state index is -0.520. The molecule has 10 nitrogen and oxygen atoms in total. The summed E-state index contributed by atoms with van der Waals surface area (Å²) in [5, 5.41) is 6.32. The average Bonchev–Trinajstić information content (AvgIpc) is 3.32. The van der Waals surface area contributed by atoms with E-state index in [0.29, 0.717) is 67.3 Å². The number of aromatic amines is 1. The number of hydrogen-bond acceptors (Lipinski definition) is 7. The molecule has 11 heteroatoms. The first-order valence-electron chi connectivity index (χ1n) is 12.8. The molecular formula is C28H32FN7O3. The molecule has 204 valence electrons. The number of amides is 2. The minimum absolute atomic E-state index is 0.0134. The normalized spacial score (nSPS) is 16.4. The largest absolute Gasteiger partial charge is 0.492 e. The number of aromatic nitrogens is 3. The van der Waals surface area contributed by atoms with Gasteiger partial charge in [-0.1, -0.05) is 12.1 Å². The van der Waals surface area contributed by atoms with Crippen LogP contribution in [0, 0.1) is 5.82 Å². The molecule has 1 saturated heterocycles. The van der Waals surface area contributed by atoms with Gasteiger partial charge < -0.3 is 30.2 Å². The lowest BCUT2D eigenvalue weighted by Crippen LogP contribution is -2.53. The molecule has 2 amide bonds. The highest BCUT2D eigenvalue weighted by atomic mass is 19.1. The molecule has 2 aliphatic heterocycles. The van der Waals surface area contributed by atoms with Crippen LogP contribution in [0.5, 0.6) is 5.75 Å². The van der Waals surface area contributed by atoms with Gasteiger partial charge in [-0.3, -0.25) is 9.59 Å². The Balaban J connectivity index is 1.52. The maximum Gasteiger partial charge on any atom is 0.255 e. The number of nitrogens with zero attached hydrogens (tertiary/aromatic N) is 4. The van der Waals surface area contributed by atoms with Crippen LogP contribution in [0.15, 0.2) is 48.9 Å². The van der Waals surface area contributed by atoms with E-state index in [1.54, 1.807) is 30.5 Å². The molecule has 1 fully saturated rings. The molecule has 0 radical (unpaired) electrons. The number of hydrogen-bond donors (Lipinski definition) is 3. The van der Waals surface area contributed by atoms with Crippen molar-refractivity contribution in [3.63, 3.8) is 0 Å². The number of piperidine rings is 1. The number of methoxy groups -OCH3 is 1. The number of carbonyl (C=O) groups excluding carboxylic acids is 2. The van der Waals surface area contributed by atoms with Crippen molar-refractivity contribution in [2.45, 2.75) is 18.3 Å². The summed E-state index contributed by atoms with van der Waals surface area (Å²) in [6.07, 6.45) is 7.88. The van der Waals surface area contributed by atoms with Crippen LogP contribution in [0.3, 0.4) is 0 Å². The van der Waals surface area contributed by atoms with Crippen LogP contribution in [0.4, 0.5) is 15.8 Å². The standard InChI is InChI=1S/C28H32FN7O3/c1-35(2)13-5-8-21(37)36-14-10-28(11-15-36)16-31-27(38)22-24(33-20-7-4-6-18(29)25(20)39-3)23(34-26(22)28)19-9-12-30-17-32-19/h4-9,12,17,33-34H,10-11,13-16H2,1-3H3,(H,31,38)/b8-5+. The Morgan fingerprint density at radius 3 is 2.77 bits per heavy atom. The van der Waals surface area contributed by atoms with Crippen LogP contribution in [0.1, 0.15) is 28.9 Å². The fourth-order valence-electron chi connectivity index (χ4n) is 5.31. The van der Waals surface area contributed by atoms with Gasteiger partial charge in [-0.2, -0.15) is 0 Å². The second-order valence-corrected chi connectivity index (χ2v) is 10.1. The zero-order chi connectivity index (χ0) is 27.6. The summed E-state index contributed by atoms with van der Waals surface area (Å²) in [7, 11) is 5.30.